The van der Waals surface area contributed by atoms with Gasteiger partial charge in [0, 0.05) is 22.7 Å². The Kier molecular flexibility index (Phi) is 5.02. The third kappa shape index (κ3) is 3.93. The van der Waals surface area contributed by atoms with Gasteiger partial charge in [-0.2, -0.15) is 5.10 Å². The van der Waals surface area contributed by atoms with E-state index in [2.05, 4.69) is 51.6 Å². The van der Waals surface area contributed by atoms with Gasteiger partial charge in [0.25, 0.3) is 0 Å². The summed E-state index contributed by atoms with van der Waals surface area (Å²) < 4.78 is 0. The van der Waals surface area contributed by atoms with E-state index in [1.165, 1.54) is 10.9 Å². The van der Waals surface area contributed by atoms with Gasteiger partial charge in [-0.05, 0) is 17.7 Å². The summed E-state index contributed by atoms with van der Waals surface area (Å²) in [7, 11) is 0. The van der Waals surface area contributed by atoms with Crippen LogP contribution in [0.3, 0.4) is 0 Å². The summed E-state index contributed by atoms with van der Waals surface area (Å²) in [5.74, 6) is 0. The zero-order valence-corrected chi connectivity index (χ0v) is 14.8. The Bertz CT molecular complexity index is 996. The minimum absolute atomic E-state index is 1.06. The molecule has 3 heteroatoms. The first-order chi connectivity index (χ1) is 13.4. The molecule has 0 aliphatic heterocycles. The zero-order chi connectivity index (χ0) is 18.3. The second-order valence-corrected chi connectivity index (χ2v) is 6.09. The topological polar surface area (TPSA) is 41.6 Å². The molecule has 2 aromatic heterocycles. The summed E-state index contributed by atoms with van der Waals surface area (Å²) in [4.78, 5) is 4.18. The van der Waals surface area contributed by atoms with Crippen molar-refractivity contribution in [1.82, 2.24) is 15.2 Å². The van der Waals surface area contributed by atoms with Gasteiger partial charge in [0.2, 0.25) is 0 Å². The molecule has 0 saturated carbocycles. The van der Waals surface area contributed by atoms with E-state index in [0.717, 1.165) is 22.3 Å². The van der Waals surface area contributed by atoms with Crippen LogP contribution in [-0.2, 0) is 0 Å². The summed E-state index contributed by atoms with van der Waals surface area (Å²) in [6.07, 6.45) is 3.68. The number of aromatic nitrogens is 3. The lowest BCUT2D eigenvalue weighted by Crippen LogP contribution is -1.81. The van der Waals surface area contributed by atoms with Gasteiger partial charge in [-0.15, -0.1) is 0 Å². The van der Waals surface area contributed by atoms with Gasteiger partial charge in [0.05, 0.1) is 17.4 Å². The number of hydrogen-bond acceptors (Lipinski definition) is 2. The van der Waals surface area contributed by atoms with Crippen molar-refractivity contribution in [2.24, 2.45) is 0 Å². The maximum Gasteiger partial charge on any atom is 0.0728 e. The summed E-state index contributed by atoms with van der Waals surface area (Å²) in [5, 5.41) is 8.42. The summed E-state index contributed by atoms with van der Waals surface area (Å²) in [5.41, 5.74) is 5.60. The highest BCUT2D eigenvalue weighted by atomic mass is 15.1. The molecular formula is C24H19N3. The molecule has 3 nitrogen and oxygen atoms in total. The fourth-order valence-electron chi connectivity index (χ4n) is 2.96. The van der Waals surface area contributed by atoms with Gasteiger partial charge in [-0.1, -0.05) is 84.9 Å². The molecule has 3 aromatic carbocycles. The molecule has 130 valence electrons. The fraction of sp³-hybridized carbons (Fsp3) is 0. The maximum absolute atomic E-state index is 4.18. The van der Waals surface area contributed by atoms with E-state index in [4.69, 9.17) is 0 Å². The predicted molar refractivity (Wildman–Crippen MR) is 111 cm³/mol. The number of benzene rings is 3. The standard InChI is InChI=1S/C15H12N2.C9H7N/c1-3-7-12(8-4-1)14-11-16-17-15(14)13-9-5-2-6-10-13;1-2-6-9-8(4-1)5-3-7-10-9/h1-11H,(H,16,17);1-7H. The first kappa shape index (κ1) is 16.7. The molecule has 0 fully saturated rings. The number of aromatic amines is 1. The van der Waals surface area contributed by atoms with Crippen LogP contribution >= 0.6 is 0 Å². The maximum atomic E-state index is 4.18. The van der Waals surface area contributed by atoms with Crippen LogP contribution in [0.2, 0.25) is 0 Å². The Balaban J connectivity index is 0.000000153. The molecule has 1 N–H and O–H groups in total. The van der Waals surface area contributed by atoms with Crippen LogP contribution < -0.4 is 0 Å². The van der Waals surface area contributed by atoms with E-state index >= 15 is 0 Å². The molecule has 0 amide bonds. The van der Waals surface area contributed by atoms with Gasteiger partial charge in [-0.25, -0.2) is 0 Å². The van der Waals surface area contributed by atoms with Gasteiger partial charge >= 0.3 is 0 Å². The molecule has 0 unspecified atom stereocenters. The van der Waals surface area contributed by atoms with Crippen molar-refractivity contribution in [2.45, 2.75) is 0 Å². The molecule has 0 aliphatic carbocycles. The number of rotatable bonds is 2. The lowest BCUT2D eigenvalue weighted by Gasteiger charge is -2.02. The van der Waals surface area contributed by atoms with E-state index in [1.54, 1.807) is 0 Å². The number of pyridine rings is 1. The van der Waals surface area contributed by atoms with Crippen molar-refractivity contribution in [3.8, 4) is 22.4 Å². The minimum Gasteiger partial charge on any atom is -0.277 e. The van der Waals surface area contributed by atoms with Gasteiger partial charge in [-0.3, -0.25) is 10.1 Å². The minimum atomic E-state index is 1.06. The van der Waals surface area contributed by atoms with Crippen molar-refractivity contribution in [3.05, 3.63) is 109 Å². The molecule has 0 bridgehead atoms. The van der Waals surface area contributed by atoms with E-state index in [-0.39, 0.29) is 0 Å². The molecule has 0 saturated heterocycles. The van der Waals surface area contributed by atoms with Gasteiger partial charge in [0.15, 0.2) is 0 Å². The van der Waals surface area contributed by atoms with Crippen molar-refractivity contribution in [3.63, 3.8) is 0 Å². The number of fused-ring (bicyclic) bond motifs is 1. The number of hydrogen-bond donors (Lipinski definition) is 1. The Morgan fingerprint density at radius 1 is 0.593 bits per heavy atom. The largest absolute Gasteiger partial charge is 0.277 e. The first-order valence-corrected chi connectivity index (χ1v) is 8.86. The summed E-state index contributed by atoms with van der Waals surface area (Å²) >= 11 is 0. The molecule has 0 aliphatic rings. The SMILES string of the molecule is c1ccc(-c2cn[nH]c2-c2ccccc2)cc1.c1ccc2ncccc2c1. The lowest BCUT2D eigenvalue weighted by atomic mass is 10.0. The highest BCUT2D eigenvalue weighted by Crippen LogP contribution is 2.29. The number of para-hydroxylation sites is 1. The van der Waals surface area contributed by atoms with E-state index < -0.39 is 0 Å². The van der Waals surface area contributed by atoms with Crippen molar-refractivity contribution in [2.75, 3.05) is 0 Å². The number of nitrogens with zero attached hydrogens (tertiary/aromatic N) is 2. The highest BCUT2D eigenvalue weighted by molar-refractivity contribution is 5.80. The van der Waals surface area contributed by atoms with Crippen LogP contribution in [0, 0.1) is 0 Å². The van der Waals surface area contributed by atoms with E-state index in [0.29, 0.717) is 0 Å². The molecule has 0 atom stereocenters. The molecule has 5 rings (SSSR count). The van der Waals surface area contributed by atoms with Gasteiger partial charge < -0.3 is 0 Å². The van der Waals surface area contributed by atoms with Crippen LogP contribution in [0.15, 0.2) is 109 Å². The van der Waals surface area contributed by atoms with Crippen molar-refractivity contribution in [1.29, 1.82) is 0 Å². The summed E-state index contributed by atoms with van der Waals surface area (Å²) in [6, 6.07) is 32.6. The molecule has 0 spiro atoms. The number of nitrogens with one attached hydrogen (secondary N) is 1. The Hall–Kier alpha value is -3.72. The lowest BCUT2D eigenvalue weighted by molar-refractivity contribution is 1.10. The smallest absolute Gasteiger partial charge is 0.0728 e. The van der Waals surface area contributed by atoms with Crippen LogP contribution in [0.4, 0.5) is 0 Å². The normalized spacial score (nSPS) is 10.2. The van der Waals surface area contributed by atoms with E-state index in [1.807, 2.05) is 73.1 Å². The third-order valence-electron chi connectivity index (χ3n) is 4.30. The van der Waals surface area contributed by atoms with Crippen LogP contribution in [-0.4, -0.2) is 15.2 Å². The first-order valence-electron chi connectivity index (χ1n) is 8.86. The monoisotopic (exact) mass is 349 g/mol. The van der Waals surface area contributed by atoms with Gasteiger partial charge in [0.1, 0.15) is 0 Å². The average molecular weight is 349 g/mol. The molecule has 27 heavy (non-hydrogen) atoms. The van der Waals surface area contributed by atoms with Crippen molar-refractivity contribution >= 4 is 10.9 Å². The van der Waals surface area contributed by atoms with Crippen LogP contribution in [0.5, 0.6) is 0 Å². The molecular weight excluding hydrogens is 330 g/mol. The van der Waals surface area contributed by atoms with Crippen LogP contribution in [0.1, 0.15) is 0 Å². The number of H-pyrrole nitrogens is 1. The molecule has 5 aromatic rings. The second-order valence-electron chi connectivity index (χ2n) is 6.09. The van der Waals surface area contributed by atoms with Crippen LogP contribution in [0.25, 0.3) is 33.3 Å². The molecule has 2 heterocycles. The highest BCUT2D eigenvalue weighted by Gasteiger charge is 2.08. The molecule has 0 radical (unpaired) electrons. The predicted octanol–water partition coefficient (Wildman–Crippen LogP) is 5.98. The second kappa shape index (κ2) is 8.11. The summed E-state index contributed by atoms with van der Waals surface area (Å²) in [6.45, 7) is 0. The third-order valence-corrected chi connectivity index (χ3v) is 4.30. The quantitative estimate of drug-likeness (QED) is 0.426. The Morgan fingerprint density at radius 3 is 1.96 bits per heavy atom. The van der Waals surface area contributed by atoms with Crippen molar-refractivity contribution < 1.29 is 0 Å². The Labute approximate surface area is 158 Å². The fourth-order valence-corrected chi connectivity index (χ4v) is 2.96. The zero-order valence-electron chi connectivity index (χ0n) is 14.8. The Morgan fingerprint density at radius 2 is 1.22 bits per heavy atom. The average Bonchev–Trinajstić information content (AvgIpc) is 3.26. The van der Waals surface area contributed by atoms with E-state index in [9.17, 15) is 0 Å².